The lowest BCUT2D eigenvalue weighted by Gasteiger charge is -2.06. The summed E-state index contributed by atoms with van der Waals surface area (Å²) < 4.78 is 4.91. The molecule has 4 heteroatoms. The number of hydrogen-bond acceptors (Lipinski definition) is 4. The third kappa shape index (κ3) is 1.06. The number of rotatable bonds is 1. The second kappa shape index (κ2) is 2.61. The molecule has 10 heavy (non-hydrogen) atoms. The lowest BCUT2D eigenvalue weighted by molar-refractivity contribution is 0.187. The first-order chi connectivity index (χ1) is 4.83. The van der Waals surface area contributed by atoms with E-state index >= 15 is 0 Å². The van der Waals surface area contributed by atoms with Crippen LogP contribution in [0.1, 0.15) is 6.42 Å². The molecule has 0 amide bonds. The molecule has 0 bridgehead atoms. The molecule has 0 aromatic heterocycles. The van der Waals surface area contributed by atoms with E-state index in [1.807, 2.05) is 6.07 Å². The van der Waals surface area contributed by atoms with Gasteiger partial charge in [-0.3, -0.25) is 0 Å². The summed E-state index contributed by atoms with van der Waals surface area (Å²) in [5.74, 6) is 0. The molecule has 0 aromatic carbocycles. The van der Waals surface area contributed by atoms with E-state index in [-0.39, 0.29) is 6.61 Å². The molecule has 1 atom stereocenters. The minimum Gasteiger partial charge on any atom is -0.378 e. The third-order valence-electron chi connectivity index (χ3n) is 1.47. The number of ether oxygens (including phenoxy) is 1. The average molecular weight is 138 g/mol. The Morgan fingerprint density at radius 2 is 2.50 bits per heavy atom. The zero-order valence-corrected chi connectivity index (χ0v) is 5.33. The Kier molecular flexibility index (Phi) is 1.81. The molecule has 52 valence electrons. The second-order valence-corrected chi connectivity index (χ2v) is 2.15. The smallest absolute Gasteiger partial charge is 0.236 e. The van der Waals surface area contributed by atoms with Crippen LogP contribution in [-0.4, -0.2) is 24.8 Å². The van der Waals surface area contributed by atoms with Crippen molar-refractivity contribution in [2.45, 2.75) is 12.0 Å². The Labute approximate surface area is 58.1 Å². The van der Waals surface area contributed by atoms with Crippen LogP contribution in [-0.2, 0) is 9.53 Å². The Morgan fingerprint density at radius 3 is 2.90 bits per heavy atom. The summed E-state index contributed by atoms with van der Waals surface area (Å²) in [5, 5.41) is 8.54. The van der Waals surface area contributed by atoms with Gasteiger partial charge in [-0.05, 0) is 0 Å². The second-order valence-electron chi connectivity index (χ2n) is 2.15. The van der Waals surface area contributed by atoms with Gasteiger partial charge >= 0.3 is 0 Å². The van der Waals surface area contributed by atoms with Crippen molar-refractivity contribution < 1.29 is 9.53 Å². The summed E-state index contributed by atoms with van der Waals surface area (Å²) in [6, 6.07) is 1.92. The van der Waals surface area contributed by atoms with Gasteiger partial charge in [0.1, 0.15) is 0 Å². The Morgan fingerprint density at radius 1 is 1.70 bits per heavy atom. The van der Waals surface area contributed by atoms with Crippen molar-refractivity contribution in [3.63, 3.8) is 0 Å². The van der Waals surface area contributed by atoms with Gasteiger partial charge in [0.2, 0.25) is 6.08 Å². The van der Waals surface area contributed by atoms with E-state index in [1.165, 1.54) is 6.08 Å². The maximum Gasteiger partial charge on any atom is 0.236 e. The van der Waals surface area contributed by atoms with Crippen LogP contribution in [0.25, 0.3) is 0 Å². The predicted octanol–water partition coefficient (Wildman–Crippen LogP) is 0.00488. The minimum absolute atomic E-state index is 0.221. The van der Waals surface area contributed by atoms with Crippen molar-refractivity contribution in [3.8, 4) is 6.07 Å². The topological polar surface area (TPSA) is 62.5 Å². The molecular formula is C6H6N2O2. The molecule has 0 aliphatic carbocycles. The zero-order chi connectivity index (χ0) is 7.45. The summed E-state index contributed by atoms with van der Waals surface area (Å²) in [5.41, 5.74) is -0.929. The van der Waals surface area contributed by atoms with E-state index in [0.29, 0.717) is 13.0 Å². The van der Waals surface area contributed by atoms with Crippen LogP contribution in [0.4, 0.5) is 0 Å². The van der Waals surface area contributed by atoms with E-state index < -0.39 is 5.54 Å². The monoisotopic (exact) mass is 138 g/mol. The summed E-state index contributed by atoms with van der Waals surface area (Å²) in [6.07, 6.45) is 1.87. The fraction of sp³-hybridized carbons (Fsp3) is 0.667. The van der Waals surface area contributed by atoms with Crippen molar-refractivity contribution in [3.05, 3.63) is 0 Å². The maximum absolute atomic E-state index is 9.83. The molecule has 0 spiro atoms. The molecule has 1 unspecified atom stereocenters. The van der Waals surface area contributed by atoms with Crippen LogP contribution in [0.3, 0.4) is 0 Å². The van der Waals surface area contributed by atoms with Gasteiger partial charge in [-0.2, -0.15) is 10.3 Å². The van der Waals surface area contributed by atoms with Gasteiger partial charge in [-0.1, -0.05) is 0 Å². The highest BCUT2D eigenvalue weighted by Crippen LogP contribution is 2.21. The van der Waals surface area contributed by atoms with Gasteiger partial charge in [0, 0.05) is 6.42 Å². The van der Waals surface area contributed by atoms with Gasteiger partial charge in [-0.25, -0.2) is 4.79 Å². The molecule has 0 saturated carbocycles. The van der Waals surface area contributed by atoms with Crippen LogP contribution in [0.15, 0.2) is 4.99 Å². The van der Waals surface area contributed by atoms with E-state index in [0.717, 1.165) is 0 Å². The first-order valence-electron chi connectivity index (χ1n) is 2.91. The molecule has 1 rings (SSSR count). The number of isocyanates is 1. The normalized spacial score (nSPS) is 30.7. The van der Waals surface area contributed by atoms with Crippen molar-refractivity contribution in [2.75, 3.05) is 13.2 Å². The number of nitriles is 1. The number of nitrogens with zero attached hydrogens (tertiary/aromatic N) is 2. The van der Waals surface area contributed by atoms with Gasteiger partial charge in [0.05, 0.1) is 19.3 Å². The summed E-state index contributed by atoms with van der Waals surface area (Å²) >= 11 is 0. The molecule has 4 nitrogen and oxygen atoms in total. The van der Waals surface area contributed by atoms with Gasteiger partial charge in [0.15, 0.2) is 5.54 Å². The largest absolute Gasteiger partial charge is 0.378 e. The lowest BCUT2D eigenvalue weighted by atomic mass is 10.0. The number of carbonyl (C=O) groups excluding carboxylic acids is 1. The first kappa shape index (κ1) is 6.94. The zero-order valence-electron chi connectivity index (χ0n) is 5.33. The van der Waals surface area contributed by atoms with E-state index in [2.05, 4.69) is 4.99 Å². The van der Waals surface area contributed by atoms with Crippen LogP contribution in [0, 0.1) is 11.3 Å². The summed E-state index contributed by atoms with van der Waals surface area (Å²) in [4.78, 5) is 13.2. The molecule has 0 radical (unpaired) electrons. The Bertz CT molecular complexity index is 206. The Hall–Kier alpha value is -1.17. The van der Waals surface area contributed by atoms with Gasteiger partial charge in [-0.15, -0.1) is 0 Å². The SMILES string of the molecule is N#CC1(N=C=O)CCOC1. The highest BCUT2D eigenvalue weighted by atomic mass is 16.5. The first-order valence-corrected chi connectivity index (χ1v) is 2.91. The highest BCUT2D eigenvalue weighted by molar-refractivity contribution is 5.37. The summed E-state index contributed by atoms with van der Waals surface area (Å²) in [7, 11) is 0. The predicted molar refractivity (Wildman–Crippen MR) is 31.9 cm³/mol. The molecular weight excluding hydrogens is 132 g/mol. The maximum atomic E-state index is 9.83. The number of hydrogen-bond donors (Lipinski definition) is 0. The van der Waals surface area contributed by atoms with Crippen LogP contribution in [0.5, 0.6) is 0 Å². The summed E-state index contributed by atoms with van der Waals surface area (Å²) in [6.45, 7) is 0.720. The van der Waals surface area contributed by atoms with Crippen molar-refractivity contribution in [1.29, 1.82) is 5.26 Å². The fourth-order valence-corrected chi connectivity index (χ4v) is 0.843. The fourth-order valence-electron chi connectivity index (χ4n) is 0.843. The minimum atomic E-state index is -0.929. The molecule has 1 aliphatic rings. The molecule has 1 fully saturated rings. The van der Waals surface area contributed by atoms with Crippen LogP contribution in [0.2, 0.25) is 0 Å². The van der Waals surface area contributed by atoms with Crippen molar-refractivity contribution in [2.24, 2.45) is 4.99 Å². The van der Waals surface area contributed by atoms with Crippen LogP contribution >= 0.6 is 0 Å². The van der Waals surface area contributed by atoms with E-state index in [1.54, 1.807) is 0 Å². The van der Waals surface area contributed by atoms with E-state index in [4.69, 9.17) is 10.00 Å². The quantitative estimate of drug-likeness (QED) is 0.378. The standard InChI is InChI=1S/C6H6N2O2/c7-3-6(8-5-9)1-2-10-4-6/h1-2,4H2. The molecule has 1 heterocycles. The van der Waals surface area contributed by atoms with Gasteiger partial charge < -0.3 is 4.74 Å². The van der Waals surface area contributed by atoms with Crippen molar-refractivity contribution in [1.82, 2.24) is 0 Å². The molecule has 0 aromatic rings. The number of aliphatic imine (C=N–C) groups is 1. The Balaban J connectivity index is 2.79. The van der Waals surface area contributed by atoms with Crippen molar-refractivity contribution >= 4 is 6.08 Å². The lowest BCUT2D eigenvalue weighted by Crippen LogP contribution is -2.23. The molecule has 0 N–H and O–H groups in total. The van der Waals surface area contributed by atoms with Gasteiger partial charge in [0.25, 0.3) is 0 Å². The highest BCUT2D eigenvalue weighted by Gasteiger charge is 2.34. The average Bonchev–Trinajstić information content (AvgIpc) is 2.39. The van der Waals surface area contributed by atoms with E-state index in [9.17, 15) is 4.79 Å². The van der Waals surface area contributed by atoms with Crippen LogP contribution < -0.4 is 0 Å². The molecule has 1 saturated heterocycles. The third-order valence-corrected chi connectivity index (χ3v) is 1.47. The molecule has 1 aliphatic heterocycles.